The number of aliphatic carboxylic acids is 1. The summed E-state index contributed by atoms with van der Waals surface area (Å²) in [7, 11) is 3.57. The molecule has 0 bridgehead atoms. The van der Waals surface area contributed by atoms with Gasteiger partial charge in [0.1, 0.15) is 6.04 Å². The second kappa shape index (κ2) is 20.9. The first-order valence-electron chi connectivity index (χ1n) is 12.3. The van der Waals surface area contributed by atoms with Gasteiger partial charge < -0.3 is 10.4 Å². The van der Waals surface area contributed by atoms with Crippen LogP contribution in [0.2, 0.25) is 0 Å². The third kappa shape index (κ3) is 18.7. The summed E-state index contributed by atoms with van der Waals surface area (Å²) in [5.74, 6) is -0.650. The summed E-state index contributed by atoms with van der Waals surface area (Å²) in [5, 5.41) is 12.1. The van der Waals surface area contributed by atoms with E-state index in [1.807, 2.05) is 0 Å². The first kappa shape index (κ1) is 28.6. The van der Waals surface area contributed by atoms with E-state index in [4.69, 9.17) is 5.11 Å². The molecule has 0 spiro atoms. The van der Waals surface area contributed by atoms with Crippen LogP contribution in [0.1, 0.15) is 110 Å². The van der Waals surface area contributed by atoms with E-state index in [1.54, 1.807) is 19.0 Å². The van der Waals surface area contributed by atoms with Gasteiger partial charge in [-0.3, -0.25) is 14.5 Å². The predicted molar refractivity (Wildman–Crippen MR) is 127 cm³/mol. The molecule has 1 atom stereocenters. The van der Waals surface area contributed by atoms with Gasteiger partial charge in [0.25, 0.3) is 0 Å². The van der Waals surface area contributed by atoms with Crippen LogP contribution in [-0.2, 0) is 9.59 Å². The van der Waals surface area contributed by atoms with Gasteiger partial charge in [-0.2, -0.15) is 0 Å². The predicted octanol–water partition coefficient (Wildman–Crippen LogP) is 5.94. The number of carboxylic acid groups (broad SMARTS) is 1. The quantitative estimate of drug-likeness (QED) is 0.177. The van der Waals surface area contributed by atoms with E-state index < -0.39 is 12.0 Å². The highest BCUT2D eigenvalue weighted by Crippen LogP contribution is 2.11. The lowest BCUT2D eigenvalue weighted by molar-refractivity contribution is -0.142. The number of likely N-dealkylation sites (N-methyl/N-ethyl adjacent to an activating group) is 1. The summed E-state index contributed by atoms with van der Waals surface area (Å²) in [6, 6.07) is -0.437. The zero-order chi connectivity index (χ0) is 22.5. The van der Waals surface area contributed by atoms with Crippen LogP contribution in [0.4, 0.5) is 0 Å². The number of carboxylic acids is 1. The van der Waals surface area contributed by atoms with Crippen LogP contribution in [0.5, 0.6) is 0 Å². The summed E-state index contributed by atoms with van der Waals surface area (Å²) in [6.07, 6.45) is 22.5. The van der Waals surface area contributed by atoms with E-state index in [1.165, 1.54) is 64.2 Å². The summed E-state index contributed by atoms with van der Waals surface area (Å²) < 4.78 is 0. The average molecular weight is 425 g/mol. The number of carbonyl (C=O) groups excluding carboxylic acids is 1. The summed E-state index contributed by atoms with van der Waals surface area (Å²) in [4.78, 5) is 24.7. The molecule has 0 aromatic rings. The van der Waals surface area contributed by atoms with Crippen LogP contribution < -0.4 is 5.32 Å². The van der Waals surface area contributed by atoms with Gasteiger partial charge in [-0.05, 0) is 59.0 Å². The van der Waals surface area contributed by atoms with E-state index in [2.05, 4.69) is 24.4 Å². The molecule has 2 N–H and O–H groups in total. The third-order valence-electron chi connectivity index (χ3n) is 5.55. The van der Waals surface area contributed by atoms with Crippen molar-refractivity contribution in [1.29, 1.82) is 0 Å². The highest BCUT2D eigenvalue weighted by molar-refractivity contribution is 5.75. The van der Waals surface area contributed by atoms with Gasteiger partial charge in [0.15, 0.2) is 0 Å². The number of rotatable bonds is 21. The molecular formula is C25H48N2O3. The standard InChI is InChI=1S/C25H48N2O3/c1-4-5-6-7-8-9-10-11-12-13-14-15-16-17-21-24(28)26-22-19-18-20-23(25(29)30)27(2)3/h7-8,23H,4-6,9-22H2,1-3H3,(H,26,28)(H,29,30)/b8-7+/t23-/m0/s1. The molecule has 0 aliphatic heterocycles. The Labute approximate surface area is 185 Å². The van der Waals surface area contributed by atoms with Crippen molar-refractivity contribution in [3.8, 4) is 0 Å². The van der Waals surface area contributed by atoms with E-state index in [0.717, 1.165) is 25.7 Å². The Morgan fingerprint density at radius 2 is 1.40 bits per heavy atom. The molecule has 0 saturated heterocycles. The minimum atomic E-state index is -0.779. The van der Waals surface area contributed by atoms with Crippen molar-refractivity contribution in [2.45, 2.75) is 116 Å². The Balaban J connectivity index is 3.38. The van der Waals surface area contributed by atoms with E-state index in [9.17, 15) is 9.59 Å². The minimum absolute atomic E-state index is 0.129. The van der Waals surface area contributed by atoms with Crippen LogP contribution >= 0.6 is 0 Å². The molecule has 0 aromatic heterocycles. The van der Waals surface area contributed by atoms with Crippen LogP contribution in [-0.4, -0.2) is 48.6 Å². The summed E-state index contributed by atoms with van der Waals surface area (Å²) in [6.45, 7) is 2.88. The van der Waals surface area contributed by atoms with E-state index >= 15 is 0 Å². The maximum Gasteiger partial charge on any atom is 0.320 e. The summed E-state index contributed by atoms with van der Waals surface area (Å²) >= 11 is 0. The minimum Gasteiger partial charge on any atom is -0.480 e. The first-order chi connectivity index (χ1) is 14.5. The lowest BCUT2D eigenvalue weighted by Gasteiger charge is -2.19. The molecule has 1 amide bonds. The Morgan fingerprint density at radius 1 is 0.833 bits per heavy atom. The molecule has 0 radical (unpaired) electrons. The second-order valence-corrected chi connectivity index (χ2v) is 8.64. The van der Waals surface area contributed by atoms with Gasteiger partial charge >= 0.3 is 5.97 Å². The zero-order valence-corrected chi connectivity index (χ0v) is 20.0. The van der Waals surface area contributed by atoms with Gasteiger partial charge in [0.2, 0.25) is 5.91 Å². The number of hydrogen-bond acceptors (Lipinski definition) is 3. The normalized spacial score (nSPS) is 12.5. The molecule has 0 aromatic carbocycles. The topological polar surface area (TPSA) is 69.6 Å². The number of allylic oxidation sites excluding steroid dienone is 2. The Kier molecular flexibility index (Phi) is 19.9. The van der Waals surface area contributed by atoms with Crippen molar-refractivity contribution in [3.63, 3.8) is 0 Å². The van der Waals surface area contributed by atoms with E-state index in [-0.39, 0.29) is 5.91 Å². The molecule has 0 aliphatic rings. The van der Waals surface area contributed by atoms with Crippen molar-refractivity contribution >= 4 is 11.9 Å². The maximum atomic E-state index is 11.9. The lowest BCUT2D eigenvalue weighted by Crippen LogP contribution is -2.35. The van der Waals surface area contributed by atoms with Crippen LogP contribution in [0, 0.1) is 0 Å². The molecule has 0 unspecified atom stereocenters. The molecule has 0 saturated carbocycles. The van der Waals surface area contributed by atoms with Gasteiger partial charge in [0, 0.05) is 13.0 Å². The van der Waals surface area contributed by atoms with Gasteiger partial charge in [-0.1, -0.05) is 70.4 Å². The van der Waals surface area contributed by atoms with Crippen molar-refractivity contribution in [1.82, 2.24) is 10.2 Å². The maximum absolute atomic E-state index is 11.9. The number of nitrogens with one attached hydrogen (secondary N) is 1. The van der Waals surface area contributed by atoms with Crippen LogP contribution in [0.15, 0.2) is 12.2 Å². The molecule has 176 valence electrons. The number of unbranched alkanes of at least 4 members (excludes halogenated alkanes) is 11. The SMILES string of the molecule is CCCC/C=C/CCCCCCCCCCC(=O)NCCCC[C@@H](C(=O)O)N(C)C. The average Bonchev–Trinajstić information content (AvgIpc) is 2.70. The van der Waals surface area contributed by atoms with Crippen LogP contribution in [0.25, 0.3) is 0 Å². The molecular weight excluding hydrogens is 376 g/mol. The molecule has 5 nitrogen and oxygen atoms in total. The fourth-order valence-corrected chi connectivity index (χ4v) is 3.55. The third-order valence-corrected chi connectivity index (χ3v) is 5.55. The Morgan fingerprint density at radius 3 is 1.97 bits per heavy atom. The monoisotopic (exact) mass is 424 g/mol. The number of hydrogen-bond donors (Lipinski definition) is 2. The molecule has 5 heteroatoms. The Hall–Kier alpha value is -1.36. The molecule has 30 heavy (non-hydrogen) atoms. The Bertz CT molecular complexity index is 450. The molecule has 0 rings (SSSR count). The zero-order valence-electron chi connectivity index (χ0n) is 20.0. The summed E-state index contributed by atoms with van der Waals surface area (Å²) in [5.41, 5.74) is 0. The fraction of sp³-hybridized carbons (Fsp3) is 0.840. The highest BCUT2D eigenvalue weighted by Gasteiger charge is 2.18. The molecule has 0 heterocycles. The molecule has 0 aliphatic carbocycles. The fourth-order valence-electron chi connectivity index (χ4n) is 3.55. The second-order valence-electron chi connectivity index (χ2n) is 8.64. The number of carbonyl (C=O) groups is 2. The smallest absolute Gasteiger partial charge is 0.320 e. The van der Waals surface area contributed by atoms with Crippen molar-refractivity contribution in [2.24, 2.45) is 0 Å². The van der Waals surface area contributed by atoms with E-state index in [0.29, 0.717) is 19.4 Å². The van der Waals surface area contributed by atoms with Crippen molar-refractivity contribution < 1.29 is 14.7 Å². The number of amides is 1. The first-order valence-corrected chi connectivity index (χ1v) is 12.3. The lowest BCUT2D eigenvalue weighted by atomic mass is 10.1. The van der Waals surface area contributed by atoms with Gasteiger partial charge in [-0.25, -0.2) is 0 Å². The van der Waals surface area contributed by atoms with Crippen molar-refractivity contribution in [2.75, 3.05) is 20.6 Å². The largest absolute Gasteiger partial charge is 0.480 e. The number of nitrogens with zero attached hydrogens (tertiary/aromatic N) is 1. The highest BCUT2D eigenvalue weighted by atomic mass is 16.4. The van der Waals surface area contributed by atoms with Crippen molar-refractivity contribution in [3.05, 3.63) is 12.2 Å². The van der Waals surface area contributed by atoms with Gasteiger partial charge in [0.05, 0.1) is 0 Å². The molecule has 0 fully saturated rings. The van der Waals surface area contributed by atoms with Gasteiger partial charge in [-0.15, -0.1) is 0 Å². The van der Waals surface area contributed by atoms with Crippen LogP contribution in [0.3, 0.4) is 0 Å².